The average molecular weight is 265 g/mol. The highest BCUT2D eigenvalue weighted by Gasteiger charge is 2.48. The minimum absolute atomic E-state index is 0.0102. The summed E-state index contributed by atoms with van der Waals surface area (Å²) in [4.78, 5) is 14.6. The van der Waals surface area contributed by atoms with E-state index < -0.39 is 0 Å². The first-order valence-electron chi connectivity index (χ1n) is 7.68. The molecule has 1 aliphatic carbocycles. The minimum Gasteiger partial charge on any atom is -0.466 e. The summed E-state index contributed by atoms with van der Waals surface area (Å²) >= 11 is 0. The molecule has 0 bridgehead atoms. The molecule has 108 valence electrons. The molecule has 19 heavy (non-hydrogen) atoms. The van der Waals surface area contributed by atoms with Crippen molar-refractivity contribution in [3.63, 3.8) is 0 Å². The van der Waals surface area contributed by atoms with Crippen LogP contribution in [0.4, 0.5) is 0 Å². The van der Waals surface area contributed by atoms with Gasteiger partial charge in [-0.05, 0) is 58.5 Å². The first-order valence-corrected chi connectivity index (χ1v) is 7.68. The van der Waals surface area contributed by atoms with E-state index in [0.29, 0.717) is 18.6 Å². The Morgan fingerprint density at radius 3 is 2.58 bits per heavy atom. The van der Waals surface area contributed by atoms with Crippen LogP contribution >= 0.6 is 0 Å². The van der Waals surface area contributed by atoms with Gasteiger partial charge in [-0.1, -0.05) is 12.0 Å². The van der Waals surface area contributed by atoms with E-state index in [1.807, 2.05) is 6.92 Å². The topological polar surface area (TPSA) is 29.5 Å². The fourth-order valence-corrected chi connectivity index (χ4v) is 3.64. The summed E-state index contributed by atoms with van der Waals surface area (Å²) < 4.78 is 5.23. The maximum absolute atomic E-state index is 12.0. The molecule has 3 heteroatoms. The third-order valence-corrected chi connectivity index (χ3v) is 4.46. The molecule has 1 saturated carbocycles. The molecule has 1 saturated heterocycles. The Hall–Kier alpha value is -0.830. The second kappa shape index (κ2) is 6.56. The smallest absolute Gasteiger partial charge is 0.310 e. The van der Waals surface area contributed by atoms with Crippen LogP contribution in [0, 0.1) is 11.8 Å². The van der Waals surface area contributed by atoms with Crippen LogP contribution in [0.1, 0.15) is 46.0 Å². The fraction of sp³-hybridized carbons (Fsp3) is 0.812. The van der Waals surface area contributed by atoms with E-state index in [1.165, 1.54) is 24.8 Å². The average Bonchev–Trinajstić information content (AvgIpc) is 2.35. The quantitative estimate of drug-likeness (QED) is 0.565. The van der Waals surface area contributed by atoms with Crippen molar-refractivity contribution < 1.29 is 9.53 Å². The number of carbonyl (C=O) groups is 1. The summed E-state index contributed by atoms with van der Waals surface area (Å²) in [5.74, 6) is 0.712. The number of rotatable bonds is 5. The molecule has 1 heterocycles. The molecule has 0 aromatic rings. The van der Waals surface area contributed by atoms with Crippen molar-refractivity contribution in [2.45, 2.75) is 52.0 Å². The predicted octanol–water partition coefficient (Wildman–Crippen LogP) is 3.01. The highest BCUT2D eigenvalue weighted by Crippen LogP contribution is 2.43. The Labute approximate surface area is 117 Å². The molecular formula is C16H27NO2. The second-order valence-electron chi connectivity index (χ2n) is 6.10. The molecule has 3 atom stereocenters. The van der Waals surface area contributed by atoms with E-state index in [0.717, 1.165) is 25.9 Å². The summed E-state index contributed by atoms with van der Waals surface area (Å²) in [7, 11) is 0. The van der Waals surface area contributed by atoms with Crippen molar-refractivity contribution in [1.82, 2.24) is 4.90 Å². The van der Waals surface area contributed by atoms with Gasteiger partial charge in [0.25, 0.3) is 0 Å². The lowest BCUT2D eigenvalue weighted by Gasteiger charge is -2.50. The van der Waals surface area contributed by atoms with Gasteiger partial charge in [-0.25, -0.2) is 0 Å². The van der Waals surface area contributed by atoms with Crippen molar-refractivity contribution in [3.8, 4) is 0 Å². The SMILES string of the molecule is C=C(C)CC1CC(C(=O)OCC)C1N1CCCCC1. The van der Waals surface area contributed by atoms with Crippen molar-refractivity contribution >= 4 is 5.97 Å². The Morgan fingerprint density at radius 2 is 2.00 bits per heavy atom. The summed E-state index contributed by atoms with van der Waals surface area (Å²) in [6.07, 6.45) is 5.90. The van der Waals surface area contributed by atoms with Gasteiger partial charge < -0.3 is 4.74 Å². The molecule has 2 rings (SSSR count). The van der Waals surface area contributed by atoms with Gasteiger partial charge >= 0.3 is 5.97 Å². The molecule has 0 N–H and O–H groups in total. The lowest BCUT2D eigenvalue weighted by Crippen LogP contribution is -2.58. The number of hydrogen-bond donors (Lipinski definition) is 0. The van der Waals surface area contributed by atoms with Crippen molar-refractivity contribution in [3.05, 3.63) is 12.2 Å². The number of esters is 1. The van der Waals surface area contributed by atoms with Crippen molar-refractivity contribution in [2.24, 2.45) is 11.8 Å². The third-order valence-electron chi connectivity index (χ3n) is 4.46. The summed E-state index contributed by atoms with van der Waals surface area (Å²) in [6, 6.07) is 0.399. The molecule has 2 aliphatic rings. The maximum Gasteiger partial charge on any atom is 0.310 e. The van der Waals surface area contributed by atoms with Crippen LogP contribution in [0.2, 0.25) is 0 Å². The predicted molar refractivity (Wildman–Crippen MR) is 76.9 cm³/mol. The van der Waals surface area contributed by atoms with Crippen LogP contribution in [-0.2, 0) is 9.53 Å². The van der Waals surface area contributed by atoms with Crippen LogP contribution in [0.15, 0.2) is 12.2 Å². The van der Waals surface area contributed by atoms with E-state index in [9.17, 15) is 4.79 Å². The Bertz CT molecular complexity index is 334. The highest BCUT2D eigenvalue weighted by molar-refractivity contribution is 5.74. The molecule has 0 aromatic heterocycles. The molecule has 0 spiro atoms. The van der Waals surface area contributed by atoms with E-state index in [4.69, 9.17) is 4.74 Å². The monoisotopic (exact) mass is 265 g/mol. The van der Waals surface area contributed by atoms with Gasteiger partial charge in [-0.3, -0.25) is 9.69 Å². The second-order valence-corrected chi connectivity index (χ2v) is 6.10. The third kappa shape index (κ3) is 3.38. The van der Waals surface area contributed by atoms with Gasteiger partial charge in [0.2, 0.25) is 0 Å². The molecule has 3 nitrogen and oxygen atoms in total. The number of piperidine rings is 1. The Balaban J connectivity index is 2.00. The van der Waals surface area contributed by atoms with E-state index in [1.54, 1.807) is 0 Å². The van der Waals surface area contributed by atoms with Gasteiger partial charge in [0.15, 0.2) is 0 Å². The summed E-state index contributed by atoms with van der Waals surface area (Å²) in [5, 5.41) is 0. The van der Waals surface area contributed by atoms with Crippen molar-refractivity contribution in [1.29, 1.82) is 0 Å². The molecule has 0 aromatic carbocycles. The van der Waals surface area contributed by atoms with E-state index >= 15 is 0 Å². The first-order chi connectivity index (χ1) is 9.13. The molecule has 2 fully saturated rings. The van der Waals surface area contributed by atoms with E-state index in [-0.39, 0.29) is 11.9 Å². The molecule has 0 amide bonds. The Kier molecular flexibility index (Phi) is 5.03. The standard InChI is InChI=1S/C16H27NO2/c1-4-19-16(18)14-11-13(10-12(2)3)15(14)17-8-6-5-7-9-17/h13-15H,2,4-11H2,1,3H3. The number of nitrogens with zero attached hydrogens (tertiary/aromatic N) is 1. The van der Waals surface area contributed by atoms with E-state index in [2.05, 4.69) is 18.4 Å². The number of allylic oxidation sites excluding steroid dienone is 1. The lowest BCUT2D eigenvalue weighted by molar-refractivity contribution is -0.160. The zero-order valence-electron chi connectivity index (χ0n) is 12.4. The fourth-order valence-electron chi connectivity index (χ4n) is 3.64. The van der Waals surface area contributed by atoms with Gasteiger partial charge in [-0.15, -0.1) is 6.58 Å². The van der Waals surface area contributed by atoms with Crippen LogP contribution in [0.5, 0.6) is 0 Å². The summed E-state index contributed by atoms with van der Waals surface area (Å²) in [6.45, 7) is 10.8. The van der Waals surface area contributed by atoms with Crippen molar-refractivity contribution in [2.75, 3.05) is 19.7 Å². The number of ether oxygens (including phenoxy) is 1. The minimum atomic E-state index is 0.0102. The number of carbonyl (C=O) groups excluding carboxylic acids is 1. The van der Waals surface area contributed by atoms with Gasteiger partial charge in [-0.2, -0.15) is 0 Å². The van der Waals surface area contributed by atoms with Gasteiger partial charge in [0.05, 0.1) is 12.5 Å². The maximum atomic E-state index is 12.0. The number of hydrogen-bond acceptors (Lipinski definition) is 3. The highest BCUT2D eigenvalue weighted by atomic mass is 16.5. The zero-order chi connectivity index (χ0) is 13.8. The lowest BCUT2D eigenvalue weighted by atomic mass is 9.66. The molecule has 0 radical (unpaired) electrons. The van der Waals surface area contributed by atoms with Gasteiger partial charge in [0.1, 0.15) is 0 Å². The zero-order valence-corrected chi connectivity index (χ0v) is 12.4. The van der Waals surface area contributed by atoms with Crippen LogP contribution in [-0.4, -0.2) is 36.6 Å². The Morgan fingerprint density at radius 1 is 1.32 bits per heavy atom. The molecular weight excluding hydrogens is 238 g/mol. The molecule has 3 unspecified atom stereocenters. The van der Waals surface area contributed by atoms with Gasteiger partial charge in [0, 0.05) is 6.04 Å². The van der Waals surface area contributed by atoms with Crippen LogP contribution < -0.4 is 0 Å². The first kappa shape index (κ1) is 14.6. The normalized spacial score (nSPS) is 31.6. The number of likely N-dealkylation sites (tertiary alicyclic amines) is 1. The summed E-state index contributed by atoms with van der Waals surface area (Å²) in [5.41, 5.74) is 1.23. The van der Waals surface area contributed by atoms with Crippen LogP contribution in [0.3, 0.4) is 0 Å². The molecule has 1 aliphatic heterocycles. The largest absolute Gasteiger partial charge is 0.466 e. The van der Waals surface area contributed by atoms with Crippen LogP contribution in [0.25, 0.3) is 0 Å².